The van der Waals surface area contributed by atoms with Gasteiger partial charge in [-0.15, -0.1) is 0 Å². The molecule has 0 aliphatic carbocycles. The largest absolute Gasteiger partial charge is 0.358 e. The molecule has 0 atom stereocenters. The van der Waals surface area contributed by atoms with Crippen molar-refractivity contribution >= 4 is 22.7 Å². The van der Waals surface area contributed by atoms with Gasteiger partial charge in [0.1, 0.15) is 0 Å². The summed E-state index contributed by atoms with van der Waals surface area (Å²) in [7, 11) is 2.17. The molecule has 2 aromatic rings. The van der Waals surface area contributed by atoms with Crippen LogP contribution in [-0.2, 0) is 6.42 Å². The second-order valence-corrected chi connectivity index (χ2v) is 8.08. The van der Waals surface area contributed by atoms with E-state index in [0.29, 0.717) is 22.6 Å². The molecular formula is C20H30F2N2S. The van der Waals surface area contributed by atoms with Crippen LogP contribution in [-0.4, -0.2) is 35.8 Å². The van der Waals surface area contributed by atoms with E-state index in [-0.39, 0.29) is 0 Å². The van der Waals surface area contributed by atoms with Gasteiger partial charge in [0, 0.05) is 21.5 Å². The zero-order valence-corrected chi connectivity index (χ0v) is 16.6. The summed E-state index contributed by atoms with van der Waals surface area (Å²) < 4.78 is 24.9. The first kappa shape index (κ1) is 20.2. The third-order valence-corrected chi connectivity index (χ3v) is 5.25. The van der Waals surface area contributed by atoms with E-state index >= 15 is 0 Å². The van der Waals surface area contributed by atoms with Gasteiger partial charge in [0.2, 0.25) is 0 Å². The molecule has 1 aliphatic rings. The SMILES string of the molecule is CCCc1c(C(C)C)[nH]c2ccc(SC(F)F)cc12.CN1CCCC1. The monoisotopic (exact) mass is 368 g/mol. The first-order valence-corrected chi connectivity index (χ1v) is 10.1. The average molecular weight is 369 g/mol. The number of hydrogen-bond donors (Lipinski definition) is 1. The number of nitrogens with zero attached hydrogens (tertiary/aromatic N) is 1. The number of rotatable bonds is 5. The number of aromatic amines is 1. The van der Waals surface area contributed by atoms with Crippen LogP contribution in [0.15, 0.2) is 23.1 Å². The van der Waals surface area contributed by atoms with Crippen LogP contribution in [0.2, 0.25) is 0 Å². The first-order valence-electron chi connectivity index (χ1n) is 9.20. The summed E-state index contributed by atoms with van der Waals surface area (Å²) in [6, 6.07) is 5.56. The molecule has 1 N–H and O–H groups in total. The number of H-pyrrole nitrogens is 1. The number of aryl methyl sites for hydroxylation is 1. The summed E-state index contributed by atoms with van der Waals surface area (Å²) >= 11 is 0.610. The Bertz CT molecular complexity index is 661. The fourth-order valence-electron chi connectivity index (χ4n) is 3.31. The lowest BCUT2D eigenvalue weighted by molar-refractivity contribution is 0.252. The molecule has 3 rings (SSSR count). The van der Waals surface area contributed by atoms with E-state index in [1.165, 1.54) is 37.2 Å². The molecule has 1 saturated heterocycles. The number of aromatic nitrogens is 1. The summed E-state index contributed by atoms with van der Waals surface area (Å²) in [5.41, 5.74) is 3.56. The summed E-state index contributed by atoms with van der Waals surface area (Å²) in [5, 5.41) is 1.09. The Balaban J connectivity index is 0.000000316. The standard InChI is InChI=1S/C15H19F2NS.C5H11N/c1-4-5-11-12-8-10(19-15(16)17)6-7-13(12)18-14(11)9(2)3;1-6-4-2-3-5-6/h6-9,15,18H,4-5H2,1-3H3;2-5H2,1H3. The smallest absolute Gasteiger partial charge is 0.288 e. The topological polar surface area (TPSA) is 19.0 Å². The maximum Gasteiger partial charge on any atom is 0.288 e. The van der Waals surface area contributed by atoms with Gasteiger partial charge in [-0.3, -0.25) is 0 Å². The van der Waals surface area contributed by atoms with Gasteiger partial charge < -0.3 is 9.88 Å². The number of halogens is 2. The van der Waals surface area contributed by atoms with Gasteiger partial charge >= 0.3 is 0 Å². The minimum Gasteiger partial charge on any atom is -0.358 e. The number of thioether (sulfide) groups is 1. The molecule has 1 aromatic carbocycles. The number of alkyl halides is 2. The summed E-state index contributed by atoms with van der Waals surface area (Å²) in [5.74, 6) is -1.95. The fourth-order valence-corrected chi connectivity index (χ4v) is 3.85. The third kappa shape index (κ3) is 5.71. The van der Waals surface area contributed by atoms with Crippen molar-refractivity contribution < 1.29 is 8.78 Å². The van der Waals surface area contributed by atoms with Crippen molar-refractivity contribution in [3.05, 3.63) is 29.5 Å². The Morgan fingerprint density at radius 3 is 2.36 bits per heavy atom. The summed E-state index contributed by atoms with van der Waals surface area (Å²) in [6.45, 7) is 9.08. The van der Waals surface area contributed by atoms with E-state index in [2.05, 4.69) is 37.7 Å². The van der Waals surface area contributed by atoms with Gasteiger partial charge in [0.05, 0.1) is 0 Å². The minimum atomic E-state index is -2.37. The molecule has 5 heteroatoms. The fraction of sp³-hybridized carbons (Fsp3) is 0.600. The normalized spacial score (nSPS) is 15.2. The predicted molar refractivity (Wildman–Crippen MR) is 105 cm³/mol. The van der Waals surface area contributed by atoms with Crippen molar-refractivity contribution in [3.8, 4) is 0 Å². The molecule has 140 valence electrons. The molecule has 0 radical (unpaired) electrons. The van der Waals surface area contributed by atoms with E-state index in [1.807, 2.05) is 12.1 Å². The summed E-state index contributed by atoms with van der Waals surface area (Å²) in [4.78, 5) is 6.43. The van der Waals surface area contributed by atoms with Crippen molar-refractivity contribution in [3.63, 3.8) is 0 Å². The van der Waals surface area contributed by atoms with Crippen LogP contribution in [0.25, 0.3) is 10.9 Å². The van der Waals surface area contributed by atoms with Gasteiger partial charge in [-0.05, 0) is 69.1 Å². The molecule has 0 bridgehead atoms. The van der Waals surface area contributed by atoms with Crippen molar-refractivity contribution in [1.82, 2.24) is 9.88 Å². The van der Waals surface area contributed by atoms with Crippen LogP contribution >= 0.6 is 11.8 Å². The molecule has 0 amide bonds. The Kier molecular flexibility index (Phi) is 7.76. The number of fused-ring (bicyclic) bond motifs is 1. The zero-order valence-electron chi connectivity index (χ0n) is 15.7. The van der Waals surface area contributed by atoms with Gasteiger partial charge in [-0.25, -0.2) is 0 Å². The third-order valence-electron chi connectivity index (χ3n) is 4.54. The van der Waals surface area contributed by atoms with Crippen LogP contribution in [0.5, 0.6) is 0 Å². The van der Waals surface area contributed by atoms with E-state index in [9.17, 15) is 8.78 Å². The van der Waals surface area contributed by atoms with E-state index in [0.717, 1.165) is 23.7 Å². The van der Waals surface area contributed by atoms with Crippen molar-refractivity contribution in [2.24, 2.45) is 0 Å². The van der Waals surface area contributed by atoms with E-state index < -0.39 is 5.76 Å². The highest BCUT2D eigenvalue weighted by atomic mass is 32.2. The molecule has 1 aromatic heterocycles. The van der Waals surface area contributed by atoms with Gasteiger partial charge in [-0.2, -0.15) is 8.78 Å². The van der Waals surface area contributed by atoms with Crippen molar-refractivity contribution in [2.45, 2.75) is 63.0 Å². The van der Waals surface area contributed by atoms with Crippen LogP contribution in [0, 0.1) is 0 Å². The van der Waals surface area contributed by atoms with Crippen LogP contribution in [0.4, 0.5) is 8.78 Å². The van der Waals surface area contributed by atoms with Crippen LogP contribution in [0.1, 0.15) is 57.2 Å². The number of hydrogen-bond acceptors (Lipinski definition) is 2. The van der Waals surface area contributed by atoms with E-state index in [1.54, 1.807) is 6.07 Å². The Morgan fingerprint density at radius 1 is 1.20 bits per heavy atom. The highest BCUT2D eigenvalue weighted by Crippen LogP contribution is 2.33. The van der Waals surface area contributed by atoms with Crippen molar-refractivity contribution in [2.75, 3.05) is 20.1 Å². The Labute approximate surface area is 154 Å². The molecule has 1 aliphatic heterocycles. The second-order valence-electron chi connectivity index (χ2n) is 7.02. The lowest BCUT2D eigenvalue weighted by atomic mass is 10.00. The van der Waals surface area contributed by atoms with Crippen LogP contribution < -0.4 is 0 Å². The Morgan fingerprint density at radius 2 is 1.88 bits per heavy atom. The molecule has 2 heterocycles. The minimum absolute atomic E-state index is 0.417. The lowest BCUT2D eigenvalue weighted by Crippen LogP contribution is -2.10. The molecule has 0 unspecified atom stereocenters. The second kappa shape index (κ2) is 9.58. The quantitative estimate of drug-likeness (QED) is 0.627. The average Bonchev–Trinajstić information content (AvgIpc) is 3.15. The molecular weight excluding hydrogens is 338 g/mol. The van der Waals surface area contributed by atoms with Gasteiger partial charge in [0.15, 0.2) is 0 Å². The predicted octanol–water partition coefficient (Wildman–Crippen LogP) is 6.27. The molecule has 2 nitrogen and oxygen atoms in total. The van der Waals surface area contributed by atoms with Gasteiger partial charge in [-0.1, -0.05) is 39.0 Å². The van der Waals surface area contributed by atoms with Gasteiger partial charge in [0.25, 0.3) is 5.76 Å². The molecule has 0 saturated carbocycles. The summed E-state index contributed by atoms with van der Waals surface area (Å²) in [6.07, 6.45) is 4.86. The molecule has 25 heavy (non-hydrogen) atoms. The number of benzene rings is 1. The lowest BCUT2D eigenvalue weighted by Gasteiger charge is -2.06. The van der Waals surface area contributed by atoms with E-state index in [4.69, 9.17) is 0 Å². The number of nitrogens with one attached hydrogen (secondary N) is 1. The maximum absolute atomic E-state index is 12.5. The molecule has 0 spiro atoms. The van der Waals surface area contributed by atoms with Crippen LogP contribution in [0.3, 0.4) is 0 Å². The van der Waals surface area contributed by atoms with Crippen molar-refractivity contribution in [1.29, 1.82) is 0 Å². The molecule has 1 fully saturated rings. The highest BCUT2D eigenvalue weighted by molar-refractivity contribution is 7.99. The highest BCUT2D eigenvalue weighted by Gasteiger charge is 2.15. The number of likely N-dealkylation sites (tertiary alicyclic amines) is 1. The zero-order chi connectivity index (χ0) is 18.4. The Hall–Kier alpha value is -1.07. The maximum atomic E-state index is 12.5. The first-order chi connectivity index (χ1) is 11.9.